The van der Waals surface area contributed by atoms with Gasteiger partial charge in [-0.05, 0) is 24.5 Å². The number of fused-ring (bicyclic) bond motifs is 3. The van der Waals surface area contributed by atoms with E-state index in [1.54, 1.807) is 23.1 Å². The molecule has 0 aromatic heterocycles. The highest BCUT2D eigenvalue weighted by molar-refractivity contribution is 7.85. The number of nitrogens with zero attached hydrogens (tertiary/aromatic N) is 1. The van der Waals surface area contributed by atoms with E-state index in [2.05, 4.69) is 0 Å². The number of carbonyl (C=O) groups is 1. The van der Waals surface area contributed by atoms with E-state index in [-0.39, 0.29) is 18.4 Å². The average Bonchev–Trinajstić information content (AvgIpc) is 2.78. The molecular formula is C18H21NO6S. The monoisotopic (exact) mass is 379 g/mol. The lowest BCUT2D eigenvalue weighted by molar-refractivity contribution is -0.142. The van der Waals surface area contributed by atoms with Crippen LogP contribution in [0.25, 0.3) is 10.8 Å². The number of phenols is 1. The fourth-order valence-electron chi connectivity index (χ4n) is 3.41. The van der Waals surface area contributed by atoms with Crippen molar-refractivity contribution >= 4 is 32.5 Å². The summed E-state index contributed by atoms with van der Waals surface area (Å²) in [6.45, 7) is 0.360. The van der Waals surface area contributed by atoms with E-state index in [1.807, 2.05) is 12.1 Å². The maximum Gasteiger partial charge on any atom is 0.313 e. The van der Waals surface area contributed by atoms with Gasteiger partial charge in [-0.1, -0.05) is 24.3 Å². The number of benzene rings is 2. The molecule has 8 heteroatoms. The Morgan fingerprint density at radius 2 is 2.00 bits per heavy atom. The van der Waals surface area contributed by atoms with E-state index in [0.717, 1.165) is 11.6 Å². The van der Waals surface area contributed by atoms with Gasteiger partial charge in [-0.15, -0.1) is 0 Å². The molecule has 0 amide bonds. The fraction of sp³-hybridized carbons (Fsp3) is 0.389. The average molecular weight is 379 g/mol. The number of rotatable bonds is 4. The molecule has 2 aromatic rings. The molecule has 1 N–H and O–H groups in total. The van der Waals surface area contributed by atoms with Gasteiger partial charge >= 0.3 is 5.97 Å². The summed E-state index contributed by atoms with van der Waals surface area (Å²) in [6.07, 6.45) is 2.18. The highest BCUT2D eigenvalue weighted by Crippen LogP contribution is 2.43. The Labute approximate surface area is 152 Å². The number of ether oxygens (including phenoxy) is 1. The van der Waals surface area contributed by atoms with E-state index in [4.69, 9.17) is 8.92 Å². The maximum atomic E-state index is 12.3. The molecule has 1 aliphatic heterocycles. The summed E-state index contributed by atoms with van der Waals surface area (Å²) in [7, 11) is -2.28. The van der Waals surface area contributed by atoms with E-state index < -0.39 is 16.0 Å². The lowest BCUT2D eigenvalue weighted by atomic mass is 9.91. The Bertz CT molecular complexity index is 940. The summed E-state index contributed by atoms with van der Waals surface area (Å²) < 4.78 is 32.8. The van der Waals surface area contributed by atoms with Crippen molar-refractivity contribution < 1.29 is 27.2 Å². The zero-order valence-corrected chi connectivity index (χ0v) is 15.5. The van der Waals surface area contributed by atoms with Crippen LogP contribution >= 0.6 is 0 Å². The molecule has 26 heavy (non-hydrogen) atoms. The number of anilines is 1. The van der Waals surface area contributed by atoms with Crippen LogP contribution in [-0.4, -0.2) is 46.1 Å². The van der Waals surface area contributed by atoms with Gasteiger partial charge in [-0.25, -0.2) is 4.18 Å². The summed E-state index contributed by atoms with van der Waals surface area (Å²) in [4.78, 5) is 14.1. The molecule has 0 radical (unpaired) electrons. The Kier molecular flexibility index (Phi) is 5.06. The van der Waals surface area contributed by atoms with Gasteiger partial charge in [0.05, 0.1) is 25.0 Å². The van der Waals surface area contributed by atoms with Gasteiger partial charge in [-0.2, -0.15) is 8.42 Å². The first-order chi connectivity index (χ1) is 12.3. The normalized spacial score (nSPS) is 17.6. The molecule has 1 unspecified atom stereocenters. The second-order valence-corrected chi connectivity index (χ2v) is 7.96. The smallest absolute Gasteiger partial charge is 0.313 e. The lowest BCUT2D eigenvalue weighted by Gasteiger charge is -2.27. The van der Waals surface area contributed by atoms with Gasteiger partial charge < -0.3 is 14.7 Å². The summed E-state index contributed by atoms with van der Waals surface area (Å²) >= 11 is 0. The summed E-state index contributed by atoms with van der Waals surface area (Å²) in [5, 5.41) is 11.8. The first-order valence-electron chi connectivity index (χ1n) is 8.23. The van der Waals surface area contributed by atoms with Gasteiger partial charge in [0.15, 0.2) is 0 Å². The number of hydrogen-bond acceptors (Lipinski definition) is 7. The molecule has 0 aliphatic carbocycles. The van der Waals surface area contributed by atoms with Crippen LogP contribution in [0.2, 0.25) is 0 Å². The third-order valence-electron chi connectivity index (χ3n) is 4.54. The van der Waals surface area contributed by atoms with Crippen LogP contribution in [-0.2, 0) is 23.8 Å². The first-order valence-corrected chi connectivity index (χ1v) is 10.0. The predicted octanol–water partition coefficient (Wildman–Crippen LogP) is 2.34. The van der Waals surface area contributed by atoms with E-state index in [1.165, 1.54) is 7.11 Å². The molecule has 0 fully saturated rings. The molecule has 0 bridgehead atoms. The van der Waals surface area contributed by atoms with Crippen molar-refractivity contribution in [3.8, 4) is 5.75 Å². The molecule has 0 saturated carbocycles. The van der Waals surface area contributed by atoms with Crippen LogP contribution in [0.4, 0.5) is 5.69 Å². The van der Waals surface area contributed by atoms with Crippen LogP contribution in [0, 0.1) is 0 Å². The third-order valence-corrected chi connectivity index (χ3v) is 5.08. The zero-order chi connectivity index (χ0) is 18.9. The van der Waals surface area contributed by atoms with E-state index >= 15 is 0 Å². The zero-order valence-electron chi connectivity index (χ0n) is 14.6. The molecule has 7 nitrogen and oxygen atoms in total. The molecule has 3 rings (SSSR count). The maximum absolute atomic E-state index is 12.3. The number of methoxy groups -OCH3 is 1. The molecule has 1 heterocycles. The second-order valence-electron chi connectivity index (χ2n) is 6.31. The van der Waals surface area contributed by atoms with Crippen molar-refractivity contribution in [3.05, 3.63) is 35.9 Å². The highest BCUT2D eigenvalue weighted by atomic mass is 32.2. The van der Waals surface area contributed by atoms with Crippen molar-refractivity contribution in [2.75, 3.05) is 31.5 Å². The Balaban J connectivity index is 2.20. The molecule has 0 saturated heterocycles. The van der Waals surface area contributed by atoms with Crippen molar-refractivity contribution in [2.24, 2.45) is 0 Å². The van der Waals surface area contributed by atoms with Crippen LogP contribution in [0.1, 0.15) is 24.3 Å². The Morgan fingerprint density at radius 1 is 1.31 bits per heavy atom. The number of carbonyl (C=O) groups excluding carboxylic acids is 1. The molecule has 2 aromatic carbocycles. The van der Waals surface area contributed by atoms with Crippen molar-refractivity contribution in [3.63, 3.8) is 0 Å². The van der Waals surface area contributed by atoms with E-state index in [9.17, 15) is 18.3 Å². The minimum absolute atomic E-state index is 0.0686. The standard InChI is InChI=1S/C18H21NO6S/c1-24-18(21)14-8-5-9-19(11-25-26(2,22)23)17-13-7-4-3-6-12(13)16(20)10-15(14)17/h3-4,6-7,10,14,20H,5,8-9,11H2,1-2H3. The third kappa shape index (κ3) is 3.61. The van der Waals surface area contributed by atoms with Crippen molar-refractivity contribution in [1.29, 1.82) is 0 Å². The van der Waals surface area contributed by atoms with Crippen molar-refractivity contribution in [2.45, 2.75) is 18.8 Å². The van der Waals surface area contributed by atoms with Crippen molar-refractivity contribution in [1.82, 2.24) is 0 Å². The van der Waals surface area contributed by atoms with Gasteiger partial charge in [-0.3, -0.25) is 4.79 Å². The first kappa shape index (κ1) is 18.5. The quantitative estimate of drug-likeness (QED) is 0.644. The van der Waals surface area contributed by atoms with Gasteiger partial charge in [0.1, 0.15) is 12.5 Å². The minimum atomic E-state index is -3.62. The molecule has 1 aliphatic rings. The van der Waals surface area contributed by atoms with Crippen LogP contribution < -0.4 is 4.90 Å². The number of esters is 1. The summed E-state index contributed by atoms with van der Waals surface area (Å²) in [5.41, 5.74) is 1.30. The SMILES string of the molecule is COC(=O)C1CCCN(COS(C)(=O)=O)c2c1cc(O)c1ccccc21. The molecule has 140 valence electrons. The minimum Gasteiger partial charge on any atom is -0.507 e. The largest absolute Gasteiger partial charge is 0.507 e. The Morgan fingerprint density at radius 3 is 2.65 bits per heavy atom. The predicted molar refractivity (Wildman–Crippen MR) is 97.7 cm³/mol. The van der Waals surface area contributed by atoms with Crippen LogP contribution in [0.15, 0.2) is 30.3 Å². The van der Waals surface area contributed by atoms with Crippen LogP contribution in [0.5, 0.6) is 5.75 Å². The number of hydrogen-bond donors (Lipinski definition) is 1. The summed E-state index contributed by atoms with van der Waals surface area (Å²) in [5.74, 6) is -0.848. The summed E-state index contributed by atoms with van der Waals surface area (Å²) in [6, 6.07) is 8.81. The second kappa shape index (κ2) is 7.13. The lowest BCUT2D eigenvalue weighted by Crippen LogP contribution is -2.29. The van der Waals surface area contributed by atoms with Gasteiger partial charge in [0.2, 0.25) is 0 Å². The van der Waals surface area contributed by atoms with Crippen LogP contribution in [0.3, 0.4) is 0 Å². The number of phenolic OH excluding ortho intramolecular Hbond substituents is 1. The highest BCUT2D eigenvalue weighted by Gasteiger charge is 2.31. The van der Waals surface area contributed by atoms with E-state index in [0.29, 0.717) is 36.0 Å². The molecule has 0 spiro atoms. The van der Waals surface area contributed by atoms with Gasteiger partial charge in [0.25, 0.3) is 10.1 Å². The van der Waals surface area contributed by atoms with Gasteiger partial charge in [0, 0.05) is 17.3 Å². The fourth-order valence-corrected chi connectivity index (χ4v) is 3.73. The topological polar surface area (TPSA) is 93.1 Å². The molecular weight excluding hydrogens is 358 g/mol. The number of aromatic hydroxyl groups is 1. The Hall–Kier alpha value is -2.32. The molecule has 1 atom stereocenters.